The molecule has 0 heterocycles. The van der Waals surface area contributed by atoms with Crippen molar-refractivity contribution in [1.29, 1.82) is 0 Å². The molecule has 144 valence electrons. The van der Waals surface area contributed by atoms with Crippen LogP contribution >= 0.6 is 12.4 Å². The van der Waals surface area contributed by atoms with Crippen molar-refractivity contribution in [2.75, 3.05) is 27.4 Å². The summed E-state index contributed by atoms with van der Waals surface area (Å²) in [6, 6.07) is 9.33. The van der Waals surface area contributed by atoms with Crippen molar-refractivity contribution in [3.63, 3.8) is 0 Å². The molecule has 5 nitrogen and oxygen atoms in total. The summed E-state index contributed by atoms with van der Waals surface area (Å²) in [5.74, 6) is 0.358. The van der Waals surface area contributed by atoms with E-state index in [1.807, 2.05) is 0 Å². The first kappa shape index (κ1) is 21.7. The number of hydrogen-bond acceptors (Lipinski definition) is 5. The largest absolute Gasteiger partial charge is 0.573 e. The first-order valence-corrected chi connectivity index (χ1v) is 7.33. The van der Waals surface area contributed by atoms with Gasteiger partial charge in [0.2, 0.25) is 0 Å². The van der Waals surface area contributed by atoms with Crippen molar-refractivity contribution in [2.24, 2.45) is 5.73 Å². The van der Waals surface area contributed by atoms with Crippen LogP contribution in [0.15, 0.2) is 36.4 Å². The Morgan fingerprint density at radius 3 is 2.27 bits per heavy atom. The number of hydrogen-bond donors (Lipinski definition) is 1. The predicted molar refractivity (Wildman–Crippen MR) is 93.5 cm³/mol. The lowest BCUT2D eigenvalue weighted by atomic mass is 10.0. The summed E-state index contributed by atoms with van der Waals surface area (Å²) in [5, 5.41) is 0. The molecular formula is C17H19ClF3NO4. The molecule has 0 bridgehead atoms. The van der Waals surface area contributed by atoms with Gasteiger partial charge < -0.3 is 24.7 Å². The normalized spacial score (nSPS) is 10.7. The van der Waals surface area contributed by atoms with Crippen molar-refractivity contribution >= 4 is 12.4 Å². The highest BCUT2D eigenvalue weighted by Crippen LogP contribution is 2.41. The fourth-order valence-electron chi connectivity index (χ4n) is 2.28. The second kappa shape index (κ2) is 9.40. The van der Waals surface area contributed by atoms with Crippen LogP contribution in [0.4, 0.5) is 13.2 Å². The molecule has 0 aliphatic rings. The van der Waals surface area contributed by atoms with E-state index in [0.29, 0.717) is 22.6 Å². The van der Waals surface area contributed by atoms with Gasteiger partial charge in [-0.3, -0.25) is 0 Å². The molecule has 0 radical (unpaired) electrons. The minimum Gasteiger partial charge on any atom is -0.493 e. The van der Waals surface area contributed by atoms with Gasteiger partial charge in [-0.2, -0.15) is 0 Å². The van der Waals surface area contributed by atoms with Gasteiger partial charge in [0.1, 0.15) is 6.61 Å². The van der Waals surface area contributed by atoms with Gasteiger partial charge in [0.25, 0.3) is 0 Å². The van der Waals surface area contributed by atoms with E-state index >= 15 is 0 Å². The Hall–Kier alpha value is -2.32. The van der Waals surface area contributed by atoms with Gasteiger partial charge in [-0.05, 0) is 23.8 Å². The summed E-state index contributed by atoms with van der Waals surface area (Å²) >= 11 is 0. The van der Waals surface area contributed by atoms with E-state index in [1.165, 1.54) is 26.4 Å². The van der Waals surface area contributed by atoms with Gasteiger partial charge in [0.05, 0.1) is 14.2 Å². The van der Waals surface area contributed by atoms with Crippen LogP contribution < -0.4 is 24.7 Å². The third-order valence-corrected chi connectivity index (χ3v) is 3.26. The SMILES string of the molecule is COc1cccc(-c2ccc(OCCN)c(OC(F)(F)F)c2)c1OC.Cl. The van der Waals surface area contributed by atoms with Crippen LogP contribution in [0.2, 0.25) is 0 Å². The Labute approximate surface area is 155 Å². The number of nitrogens with two attached hydrogens (primary N) is 1. The van der Waals surface area contributed by atoms with Gasteiger partial charge in [-0.1, -0.05) is 18.2 Å². The summed E-state index contributed by atoms with van der Waals surface area (Å²) in [5.41, 5.74) is 6.33. The van der Waals surface area contributed by atoms with Crippen LogP contribution in [-0.4, -0.2) is 33.7 Å². The van der Waals surface area contributed by atoms with Gasteiger partial charge in [-0.15, -0.1) is 25.6 Å². The number of methoxy groups -OCH3 is 2. The molecule has 2 rings (SSSR count). The standard InChI is InChI=1S/C17H18F3NO4.ClH/c1-22-14-5-3-4-12(16(14)23-2)11-6-7-13(24-9-8-21)15(10-11)25-17(18,19)20;/h3-7,10H,8-9,21H2,1-2H3;1H. The predicted octanol–water partition coefficient (Wildman–Crippen LogP) is 4.03. The first-order chi connectivity index (χ1) is 11.9. The molecule has 2 N–H and O–H groups in total. The van der Waals surface area contributed by atoms with E-state index < -0.39 is 12.1 Å². The van der Waals surface area contributed by atoms with Crippen molar-refractivity contribution in [3.05, 3.63) is 36.4 Å². The first-order valence-electron chi connectivity index (χ1n) is 7.33. The van der Waals surface area contributed by atoms with Crippen molar-refractivity contribution in [2.45, 2.75) is 6.36 Å². The highest BCUT2D eigenvalue weighted by atomic mass is 35.5. The molecule has 0 atom stereocenters. The maximum absolute atomic E-state index is 12.7. The van der Waals surface area contributed by atoms with Crippen LogP contribution in [0.5, 0.6) is 23.0 Å². The fourth-order valence-corrected chi connectivity index (χ4v) is 2.28. The Balaban J connectivity index is 0.00000338. The Bertz CT molecular complexity index is 726. The smallest absolute Gasteiger partial charge is 0.493 e. The maximum Gasteiger partial charge on any atom is 0.573 e. The van der Waals surface area contributed by atoms with Crippen molar-refractivity contribution in [3.8, 4) is 34.1 Å². The molecule has 2 aromatic rings. The van der Waals surface area contributed by atoms with Crippen LogP contribution in [0.1, 0.15) is 0 Å². The fraction of sp³-hybridized carbons (Fsp3) is 0.294. The van der Waals surface area contributed by atoms with Crippen LogP contribution in [0, 0.1) is 0 Å². The van der Waals surface area contributed by atoms with Crippen LogP contribution in [0.3, 0.4) is 0 Å². The Kier molecular flexibility index (Phi) is 7.85. The molecule has 0 aliphatic carbocycles. The zero-order valence-corrected chi connectivity index (χ0v) is 14.9. The second-order valence-corrected chi connectivity index (χ2v) is 4.89. The Morgan fingerprint density at radius 1 is 0.962 bits per heavy atom. The molecule has 0 aliphatic heterocycles. The molecule has 0 saturated carbocycles. The lowest BCUT2D eigenvalue weighted by molar-refractivity contribution is -0.275. The minimum absolute atomic E-state index is 0. The molecular weight excluding hydrogens is 375 g/mol. The highest BCUT2D eigenvalue weighted by Gasteiger charge is 2.33. The quantitative estimate of drug-likeness (QED) is 0.769. The van der Waals surface area contributed by atoms with E-state index in [2.05, 4.69) is 4.74 Å². The second-order valence-electron chi connectivity index (χ2n) is 4.89. The van der Waals surface area contributed by atoms with E-state index in [0.717, 1.165) is 0 Å². The molecule has 0 saturated heterocycles. The van der Waals surface area contributed by atoms with E-state index in [-0.39, 0.29) is 31.3 Å². The van der Waals surface area contributed by atoms with E-state index in [4.69, 9.17) is 19.9 Å². The van der Waals surface area contributed by atoms with Gasteiger partial charge in [-0.25, -0.2) is 0 Å². The molecule has 0 aromatic heterocycles. The van der Waals surface area contributed by atoms with E-state index in [1.54, 1.807) is 24.3 Å². The average molecular weight is 394 g/mol. The summed E-state index contributed by atoms with van der Waals surface area (Å²) < 4.78 is 57.9. The summed E-state index contributed by atoms with van der Waals surface area (Å²) in [6.45, 7) is 0.229. The van der Waals surface area contributed by atoms with Crippen LogP contribution in [0.25, 0.3) is 11.1 Å². The number of benzene rings is 2. The minimum atomic E-state index is -4.85. The van der Waals surface area contributed by atoms with Crippen molar-refractivity contribution in [1.82, 2.24) is 0 Å². The van der Waals surface area contributed by atoms with Gasteiger partial charge >= 0.3 is 6.36 Å². The number of ether oxygens (including phenoxy) is 4. The summed E-state index contributed by atoms with van der Waals surface area (Å²) in [6.07, 6.45) is -4.85. The van der Waals surface area contributed by atoms with Gasteiger partial charge in [0.15, 0.2) is 23.0 Å². The lowest BCUT2D eigenvalue weighted by Crippen LogP contribution is -2.18. The monoisotopic (exact) mass is 393 g/mol. The van der Waals surface area contributed by atoms with Crippen LogP contribution in [-0.2, 0) is 0 Å². The third kappa shape index (κ3) is 5.34. The lowest BCUT2D eigenvalue weighted by Gasteiger charge is -2.17. The summed E-state index contributed by atoms with van der Waals surface area (Å²) in [7, 11) is 2.93. The number of halogens is 4. The molecule has 0 unspecified atom stereocenters. The van der Waals surface area contributed by atoms with E-state index in [9.17, 15) is 13.2 Å². The van der Waals surface area contributed by atoms with Gasteiger partial charge in [0, 0.05) is 12.1 Å². The maximum atomic E-state index is 12.7. The zero-order chi connectivity index (χ0) is 18.4. The molecule has 0 amide bonds. The molecule has 26 heavy (non-hydrogen) atoms. The highest BCUT2D eigenvalue weighted by molar-refractivity contribution is 5.85. The third-order valence-electron chi connectivity index (χ3n) is 3.26. The molecule has 0 spiro atoms. The molecule has 9 heteroatoms. The Morgan fingerprint density at radius 2 is 1.69 bits per heavy atom. The summed E-state index contributed by atoms with van der Waals surface area (Å²) in [4.78, 5) is 0. The molecule has 2 aromatic carbocycles. The number of para-hydroxylation sites is 1. The topological polar surface area (TPSA) is 62.9 Å². The number of alkyl halides is 3. The van der Waals surface area contributed by atoms with Crippen molar-refractivity contribution < 1.29 is 32.1 Å². The number of rotatable bonds is 7. The molecule has 0 fully saturated rings. The average Bonchev–Trinajstić information content (AvgIpc) is 2.58. The zero-order valence-electron chi connectivity index (χ0n) is 14.1.